The van der Waals surface area contributed by atoms with Gasteiger partial charge in [0.15, 0.2) is 0 Å². The molecule has 4 rings (SSSR count). The Kier molecular flexibility index (Phi) is 7.54. The molecule has 0 radical (unpaired) electrons. The summed E-state index contributed by atoms with van der Waals surface area (Å²) in [5, 5.41) is 13.8. The first-order valence-corrected chi connectivity index (χ1v) is 12.2. The standard InChI is InChI=1S/C26H39N3O3/c1-27-26(12-6-8-21(30)16-26)17-23-22-9-7-15-29(18-20(22)10-11-24(23)32-2)25(31)19-28-13-4-3-5-14-28/h6,8,10-11,21,27,30H,3-5,7,9,12-19H2,1-2H3. The normalized spacial score (nSPS) is 26.5. The number of nitrogens with one attached hydrogen (secondary N) is 1. The molecule has 3 aliphatic rings. The van der Waals surface area contributed by atoms with Crippen molar-refractivity contribution in [2.24, 2.45) is 0 Å². The van der Waals surface area contributed by atoms with Gasteiger partial charge in [-0.1, -0.05) is 24.6 Å². The number of aliphatic hydroxyl groups is 1. The average Bonchev–Trinajstić information content (AvgIpc) is 3.03. The summed E-state index contributed by atoms with van der Waals surface area (Å²) in [6.45, 7) is 4.12. The second-order valence-electron chi connectivity index (χ2n) is 9.75. The van der Waals surface area contributed by atoms with Gasteiger partial charge in [-0.3, -0.25) is 9.69 Å². The molecule has 2 N–H and O–H groups in total. The molecule has 1 aromatic rings. The van der Waals surface area contributed by atoms with Crippen LogP contribution in [-0.4, -0.2) is 72.8 Å². The Hall–Kier alpha value is -1.89. The number of benzene rings is 1. The van der Waals surface area contributed by atoms with Crippen molar-refractivity contribution in [2.75, 3.05) is 40.3 Å². The fourth-order valence-corrected chi connectivity index (χ4v) is 5.70. The number of nitrogens with zero attached hydrogens (tertiary/aromatic N) is 2. The van der Waals surface area contributed by atoms with Gasteiger partial charge in [0.1, 0.15) is 5.75 Å². The fourth-order valence-electron chi connectivity index (χ4n) is 5.70. The van der Waals surface area contributed by atoms with Crippen LogP contribution < -0.4 is 10.1 Å². The molecular weight excluding hydrogens is 402 g/mol. The van der Waals surface area contributed by atoms with Gasteiger partial charge in [-0.05, 0) is 87.8 Å². The van der Waals surface area contributed by atoms with Gasteiger partial charge in [0.05, 0.1) is 19.8 Å². The van der Waals surface area contributed by atoms with E-state index < -0.39 is 6.10 Å². The SMILES string of the molecule is CNC1(Cc2c(OC)ccc3c2CCCN(C(=O)CN2CCCCC2)C3)CC=CC(O)C1. The zero-order valence-corrected chi connectivity index (χ0v) is 19.7. The molecule has 2 atom stereocenters. The molecule has 0 bridgehead atoms. The number of likely N-dealkylation sites (tertiary alicyclic amines) is 1. The van der Waals surface area contributed by atoms with Crippen LogP contribution >= 0.6 is 0 Å². The number of aliphatic hydroxyl groups excluding tert-OH is 1. The summed E-state index contributed by atoms with van der Waals surface area (Å²) in [4.78, 5) is 17.5. The van der Waals surface area contributed by atoms with E-state index >= 15 is 0 Å². The average molecular weight is 442 g/mol. The first-order chi connectivity index (χ1) is 15.5. The van der Waals surface area contributed by atoms with E-state index in [1.807, 2.05) is 13.1 Å². The van der Waals surface area contributed by atoms with E-state index in [0.717, 1.165) is 51.1 Å². The molecule has 1 aromatic carbocycles. The van der Waals surface area contributed by atoms with Crippen molar-refractivity contribution in [3.8, 4) is 5.75 Å². The highest BCUT2D eigenvalue weighted by Gasteiger charge is 2.35. The molecule has 0 spiro atoms. The molecule has 0 saturated carbocycles. The van der Waals surface area contributed by atoms with Crippen molar-refractivity contribution in [3.05, 3.63) is 41.0 Å². The number of hydrogen-bond acceptors (Lipinski definition) is 5. The van der Waals surface area contributed by atoms with Crippen molar-refractivity contribution in [3.63, 3.8) is 0 Å². The van der Waals surface area contributed by atoms with E-state index in [1.165, 1.54) is 36.0 Å². The highest BCUT2D eigenvalue weighted by molar-refractivity contribution is 5.78. The van der Waals surface area contributed by atoms with Gasteiger partial charge in [0.2, 0.25) is 5.91 Å². The van der Waals surface area contributed by atoms with Crippen LogP contribution in [0, 0.1) is 0 Å². The number of piperidine rings is 1. The zero-order chi connectivity index (χ0) is 22.6. The van der Waals surface area contributed by atoms with Crippen LogP contribution in [0.3, 0.4) is 0 Å². The Balaban J connectivity index is 1.56. The number of hydrogen-bond donors (Lipinski definition) is 2. The lowest BCUT2D eigenvalue weighted by Crippen LogP contribution is -2.48. The first kappa shape index (κ1) is 23.3. The van der Waals surface area contributed by atoms with Gasteiger partial charge in [0, 0.05) is 18.6 Å². The molecule has 1 aliphatic carbocycles. The third kappa shape index (κ3) is 5.19. The highest BCUT2D eigenvalue weighted by atomic mass is 16.5. The van der Waals surface area contributed by atoms with Gasteiger partial charge < -0.3 is 20.1 Å². The predicted octanol–water partition coefficient (Wildman–Crippen LogP) is 2.67. The molecule has 0 aromatic heterocycles. The van der Waals surface area contributed by atoms with Crippen molar-refractivity contribution in [2.45, 2.75) is 69.6 Å². The monoisotopic (exact) mass is 441 g/mol. The Morgan fingerprint density at radius 1 is 1.22 bits per heavy atom. The predicted molar refractivity (Wildman–Crippen MR) is 127 cm³/mol. The maximum absolute atomic E-state index is 13.1. The third-order valence-electron chi connectivity index (χ3n) is 7.59. The van der Waals surface area contributed by atoms with E-state index in [9.17, 15) is 9.90 Å². The first-order valence-electron chi connectivity index (χ1n) is 12.2. The van der Waals surface area contributed by atoms with Crippen LogP contribution in [0.25, 0.3) is 0 Å². The van der Waals surface area contributed by atoms with E-state index in [2.05, 4.69) is 33.3 Å². The van der Waals surface area contributed by atoms with Crippen molar-refractivity contribution >= 4 is 5.91 Å². The molecule has 2 aliphatic heterocycles. The summed E-state index contributed by atoms with van der Waals surface area (Å²) >= 11 is 0. The van der Waals surface area contributed by atoms with Gasteiger partial charge >= 0.3 is 0 Å². The number of fused-ring (bicyclic) bond motifs is 1. The minimum absolute atomic E-state index is 0.188. The number of carbonyl (C=O) groups excluding carboxylic acids is 1. The zero-order valence-electron chi connectivity index (χ0n) is 19.7. The quantitative estimate of drug-likeness (QED) is 0.665. The Morgan fingerprint density at radius 2 is 2.03 bits per heavy atom. The Bertz CT molecular complexity index is 834. The summed E-state index contributed by atoms with van der Waals surface area (Å²) in [5.41, 5.74) is 3.61. The molecule has 1 fully saturated rings. The van der Waals surface area contributed by atoms with Crippen LogP contribution in [0.15, 0.2) is 24.3 Å². The Labute approximate surface area is 192 Å². The van der Waals surface area contributed by atoms with Gasteiger partial charge in [-0.2, -0.15) is 0 Å². The van der Waals surface area contributed by atoms with E-state index in [0.29, 0.717) is 19.5 Å². The van der Waals surface area contributed by atoms with Crippen LogP contribution in [0.4, 0.5) is 0 Å². The van der Waals surface area contributed by atoms with Crippen LogP contribution in [0.5, 0.6) is 5.75 Å². The van der Waals surface area contributed by atoms with Crippen molar-refractivity contribution in [1.82, 2.24) is 15.1 Å². The highest BCUT2D eigenvalue weighted by Crippen LogP contribution is 2.36. The smallest absolute Gasteiger partial charge is 0.237 e. The molecule has 176 valence electrons. The number of amides is 1. The number of rotatable bonds is 6. The summed E-state index contributed by atoms with van der Waals surface area (Å²) in [5.74, 6) is 1.17. The van der Waals surface area contributed by atoms with E-state index in [-0.39, 0.29) is 11.4 Å². The van der Waals surface area contributed by atoms with Gasteiger partial charge in [-0.25, -0.2) is 0 Å². The lowest BCUT2D eigenvalue weighted by Gasteiger charge is -2.38. The minimum atomic E-state index is -0.424. The molecule has 1 saturated heterocycles. The van der Waals surface area contributed by atoms with Crippen LogP contribution in [-0.2, 0) is 24.2 Å². The second-order valence-corrected chi connectivity index (χ2v) is 9.75. The second kappa shape index (κ2) is 10.4. The lowest BCUT2D eigenvalue weighted by molar-refractivity contribution is -0.133. The summed E-state index contributed by atoms with van der Waals surface area (Å²) < 4.78 is 5.79. The van der Waals surface area contributed by atoms with Crippen molar-refractivity contribution in [1.29, 1.82) is 0 Å². The number of methoxy groups -OCH3 is 1. The maximum Gasteiger partial charge on any atom is 0.237 e. The fraction of sp³-hybridized carbons (Fsp3) is 0.654. The van der Waals surface area contributed by atoms with Crippen LogP contribution in [0.2, 0.25) is 0 Å². The number of likely N-dealkylation sites (N-methyl/N-ethyl adjacent to an activating group) is 1. The molecule has 6 nitrogen and oxygen atoms in total. The minimum Gasteiger partial charge on any atom is -0.496 e. The van der Waals surface area contributed by atoms with E-state index in [4.69, 9.17) is 4.74 Å². The summed E-state index contributed by atoms with van der Waals surface area (Å²) in [7, 11) is 3.72. The molecule has 32 heavy (non-hydrogen) atoms. The molecule has 2 heterocycles. The maximum atomic E-state index is 13.1. The molecular formula is C26H39N3O3. The lowest BCUT2D eigenvalue weighted by atomic mass is 9.77. The van der Waals surface area contributed by atoms with E-state index in [1.54, 1.807) is 7.11 Å². The number of ether oxygens (including phenoxy) is 1. The van der Waals surface area contributed by atoms with Crippen molar-refractivity contribution < 1.29 is 14.6 Å². The number of carbonyl (C=O) groups is 1. The molecule has 2 unspecified atom stereocenters. The Morgan fingerprint density at radius 3 is 2.75 bits per heavy atom. The van der Waals surface area contributed by atoms with Gasteiger partial charge in [0.25, 0.3) is 0 Å². The van der Waals surface area contributed by atoms with Gasteiger partial charge in [-0.15, -0.1) is 0 Å². The summed E-state index contributed by atoms with van der Waals surface area (Å²) in [6, 6.07) is 4.21. The molecule has 6 heteroatoms. The largest absolute Gasteiger partial charge is 0.496 e. The molecule has 1 amide bonds. The summed E-state index contributed by atoms with van der Waals surface area (Å²) in [6.07, 6.45) is 11.5. The van der Waals surface area contributed by atoms with Crippen LogP contribution in [0.1, 0.15) is 55.2 Å². The topological polar surface area (TPSA) is 65.0 Å². The third-order valence-corrected chi connectivity index (χ3v) is 7.59.